The number of Topliss-reactive ketones (excluding diaryl/α,β-unsaturated/α-hetero) is 1. The molecule has 1 aromatic heterocycles. The molecule has 3 N–H and O–H groups in total. The van der Waals surface area contributed by atoms with Crippen molar-refractivity contribution in [3.63, 3.8) is 0 Å². The van der Waals surface area contributed by atoms with E-state index < -0.39 is 22.7 Å². The van der Waals surface area contributed by atoms with Crippen LogP contribution in [-0.2, 0) is 16.5 Å². The van der Waals surface area contributed by atoms with Gasteiger partial charge in [-0.05, 0) is 33.7 Å². The molecule has 10 nitrogen and oxygen atoms in total. The van der Waals surface area contributed by atoms with Gasteiger partial charge in [-0.2, -0.15) is 10.5 Å². The van der Waals surface area contributed by atoms with Gasteiger partial charge in [-0.15, -0.1) is 0 Å². The molecular weight excluding hydrogens is 394 g/mol. The van der Waals surface area contributed by atoms with E-state index in [1.807, 2.05) is 20.8 Å². The highest BCUT2D eigenvalue weighted by molar-refractivity contribution is 7.79. The highest BCUT2D eigenvalue weighted by Crippen LogP contribution is 2.35. The molecule has 0 spiro atoms. The number of hydrogen-bond donors (Lipinski definition) is 3. The van der Waals surface area contributed by atoms with Crippen LogP contribution in [0.2, 0.25) is 0 Å². The summed E-state index contributed by atoms with van der Waals surface area (Å²) in [5.74, 6) is -1.18. The molecule has 0 aliphatic heterocycles. The Morgan fingerprint density at radius 1 is 1.31 bits per heavy atom. The molecule has 29 heavy (non-hydrogen) atoms. The molecule has 1 aromatic carbocycles. The molecule has 0 saturated carbocycles. The molecule has 0 radical (unpaired) electrons. The molecule has 0 bridgehead atoms. The van der Waals surface area contributed by atoms with Crippen molar-refractivity contribution < 1.29 is 13.6 Å². The van der Waals surface area contributed by atoms with E-state index in [0.717, 1.165) is 0 Å². The number of hydrazone groups is 1. The first kappa shape index (κ1) is 21.8. The normalized spacial score (nSPS) is 12.6. The van der Waals surface area contributed by atoms with Crippen LogP contribution in [-0.4, -0.2) is 36.5 Å². The van der Waals surface area contributed by atoms with Gasteiger partial charge in [-0.3, -0.25) is 9.31 Å². The highest BCUT2D eigenvalue weighted by atomic mass is 32.2. The summed E-state index contributed by atoms with van der Waals surface area (Å²) in [5, 5.41) is 13.3. The first-order chi connectivity index (χ1) is 13.7. The Hall–Kier alpha value is -3.54. The second-order valence-electron chi connectivity index (χ2n) is 6.85. The fourth-order valence-corrected chi connectivity index (χ4v) is 2.57. The van der Waals surface area contributed by atoms with Gasteiger partial charge in [0.25, 0.3) is 5.69 Å². The molecule has 1 atom stereocenters. The third-order valence-corrected chi connectivity index (χ3v) is 4.10. The smallest absolute Gasteiger partial charge is 0.341 e. The zero-order valence-corrected chi connectivity index (χ0v) is 16.8. The van der Waals surface area contributed by atoms with Crippen LogP contribution < -0.4 is 10.7 Å². The number of benzene rings is 1. The highest BCUT2D eigenvalue weighted by Gasteiger charge is 2.25. The lowest BCUT2D eigenvalue weighted by Gasteiger charge is -2.16. The minimum Gasteiger partial charge on any atom is -0.771 e. The fraction of sp³-hybridized carbons (Fsp3) is 0.278. The first-order valence-corrected chi connectivity index (χ1v) is 9.53. The second-order valence-corrected chi connectivity index (χ2v) is 7.74. The Kier molecular flexibility index (Phi) is 6.83. The van der Waals surface area contributed by atoms with Crippen LogP contribution in [0, 0.1) is 13.1 Å². The Morgan fingerprint density at radius 3 is 2.48 bits per heavy atom. The summed E-state index contributed by atoms with van der Waals surface area (Å²) in [6.07, 6.45) is 0. The topological polar surface area (TPSA) is 131 Å². The molecule has 0 aliphatic rings. The maximum Gasteiger partial charge on any atom is 0.341 e. The summed E-state index contributed by atoms with van der Waals surface area (Å²) in [7, 11) is 0. The molecule has 0 fully saturated rings. The van der Waals surface area contributed by atoms with Crippen LogP contribution in [0.3, 0.4) is 0 Å². The van der Waals surface area contributed by atoms with Crippen molar-refractivity contribution in [2.75, 3.05) is 16.6 Å². The fourth-order valence-electron chi connectivity index (χ4n) is 2.29. The number of rotatable bonds is 7. The predicted octanol–water partition coefficient (Wildman–Crippen LogP) is 3.03. The molecule has 11 heteroatoms. The third-order valence-electron chi connectivity index (χ3n) is 3.72. The predicted molar refractivity (Wildman–Crippen MR) is 109 cm³/mol. The first-order valence-electron chi connectivity index (χ1n) is 8.29. The van der Waals surface area contributed by atoms with E-state index in [1.54, 1.807) is 0 Å². The summed E-state index contributed by atoms with van der Waals surface area (Å²) >= 11 is -2.24. The number of aromatic nitrogens is 2. The zero-order chi connectivity index (χ0) is 21.6. The number of H-pyrrole nitrogens is 1. The molecule has 2 rings (SSSR count). The van der Waals surface area contributed by atoms with Gasteiger partial charge in [-0.1, -0.05) is 39.5 Å². The van der Waals surface area contributed by atoms with Crippen molar-refractivity contribution in [3.05, 3.63) is 58.4 Å². The van der Waals surface area contributed by atoms with Gasteiger partial charge in [0.2, 0.25) is 5.78 Å². The molecule has 2 aromatic rings. The van der Waals surface area contributed by atoms with Gasteiger partial charge in [0, 0.05) is 16.9 Å². The van der Waals surface area contributed by atoms with E-state index in [0.29, 0.717) is 11.4 Å². The number of nitrogens with zero attached hydrogens (tertiary/aromatic N) is 4. The number of ketones is 1. The Labute approximate surface area is 170 Å². The average molecular weight is 412 g/mol. The van der Waals surface area contributed by atoms with Crippen molar-refractivity contribution in [1.29, 1.82) is 0 Å². The molecule has 0 amide bonds. The summed E-state index contributed by atoms with van der Waals surface area (Å²) in [4.78, 5) is 19.1. The molecule has 1 heterocycles. The van der Waals surface area contributed by atoms with E-state index in [2.05, 4.69) is 35.7 Å². The number of nitrogens with one attached hydrogen (secondary N) is 3. The number of carbonyl (C=O) groups excluding carboxylic acids is 1. The number of amidine groups is 1. The Balaban J connectivity index is 2.19. The second kappa shape index (κ2) is 9.10. The van der Waals surface area contributed by atoms with Crippen LogP contribution in [0.5, 0.6) is 0 Å². The molecular formula is C18H18N7O3S-. The van der Waals surface area contributed by atoms with Crippen molar-refractivity contribution in [2.45, 2.75) is 26.2 Å². The van der Waals surface area contributed by atoms with Crippen LogP contribution in [0.15, 0.2) is 29.4 Å². The zero-order valence-electron chi connectivity index (χ0n) is 15.9. The van der Waals surface area contributed by atoms with E-state index >= 15 is 0 Å². The van der Waals surface area contributed by atoms with E-state index in [1.165, 1.54) is 24.3 Å². The van der Waals surface area contributed by atoms with Crippen LogP contribution in [0.1, 0.15) is 36.8 Å². The maximum atomic E-state index is 12.5. The summed E-state index contributed by atoms with van der Waals surface area (Å²) in [5.41, 5.74) is 3.75. The lowest BCUT2D eigenvalue weighted by Crippen LogP contribution is -2.13. The molecule has 0 saturated heterocycles. The summed E-state index contributed by atoms with van der Waals surface area (Å²) in [6, 6.07) is 5.96. The monoisotopic (exact) mass is 412 g/mol. The quantitative estimate of drug-likeness (QED) is 0.160. The number of carbonyl (C=O) groups is 1. The SMILES string of the molecule is [C-]#[N+]C(=NNc1n[nH]c(C(C)(C)C)c1[N+]#[C-])C(=O)c1ccc(NCS(=O)[O-])cc1. The van der Waals surface area contributed by atoms with E-state index in [9.17, 15) is 13.6 Å². The van der Waals surface area contributed by atoms with Gasteiger partial charge in [0.15, 0.2) is 5.82 Å². The molecule has 1 unspecified atom stereocenters. The Bertz CT molecular complexity index is 1040. The minimum absolute atomic E-state index is 0.129. The van der Waals surface area contributed by atoms with Gasteiger partial charge < -0.3 is 19.5 Å². The van der Waals surface area contributed by atoms with Gasteiger partial charge in [-0.25, -0.2) is 4.85 Å². The average Bonchev–Trinajstić information content (AvgIpc) is 3.10. The largest absolute Gasteiger partial charge is 0.771 e. The van der Waals surface area contributed by atoms with Crippen molar-refractivity contribution in [2.24, 2.45) is 5.10 Å². The van der Waals surface area contributed by atoms with Crippen LogP contribution in [0.4, 0.5) is 17.2 Å². The summed E-state index contributed by atoms with van der Waals surface area (Å²) < 4.78 is 21.1. The maximum absolute atomic E-state index is 12.5. The van der Waals surface area contributed by atoms with E-state index in [4.69, 9.17) is 13.1 Å². The van der Waals surface area contributed by atoms with Gasteiger partial charge >= 0.3 is 5.84 Å². The minimum atomic E-state index is -2.24. The lowest BCUT2D eigenvalue weighted by atomic mass is 9.91. The van der Waals surface area contributed by atoms with Gasteiger partial charge in [0.1, 0.15) is 0 Å². The van der Waals surface area contributed by atoms with Crippen molar-refractivity contribution in [3.8, 4) is 0 Å². The molecule has 150 valence electrons. The van der Waals surface area contributed by atoms with Crippen LogP contribution in [0.25, 0.3) is 9.69 Å². The summed E-state index contributed by atoms with van der Waals surface area (Å²) in [6.45, 7) is 20.3. The standard InChI is InChI=1S/C18H19N7O3S/c1-18(2,3)15-13(19-4)16(23-22-15)24-25-17(20-5)14(26)11-6-8-12(9-7-11)21-10-29(27)28/h6-9,21H,10H2,1-3H3,(H,27,28)(H2,22,23,24)/p-1. The van der Waals surface area contributed by atoms with Crippen molar-refractivity contribution >= 4 is 39.9 Å². The van der Waals surface area contributed by atoms with Crippen LogP contribution >= 0.6 is 0 Å². The third kappa shape index (κ3) is 5.48. The van der Waals surface area contributed by atoms with Gasteiger partial charge in [0.05, 0.1) is 12.4 Å². The number of aromatic amines is 1. The van der Waals surface area contributed by atoms with Crippen molar-refractivity contribution in [1.82, 2.24) is 10.2 Å². The number of hydrogen-bond acceptors (Lipinski definition) is 7. The molecule has 0 aliphatic carbocycles. The number of anilines is 2. The Morgan fingerprint density at radius 2 is 1.97 bits per heavy atom. The van der Waals surface area contributed by atoms with E-state index in [-0.39, 0.29) is 28.4 Å². The lowest BCUT2D eigenvalue weighted by molar-refractivity contribution is 0.106.